The van der Waals surface area contributed by atoms with Crippen LogP contribution in [-0.4, -0.2) is 207 Å². The predicted molar refractivity (Wildman–Crippen MR) is 432 cm³/mol. The number of rotatable bonds is 43. The molecule has 3 aromatic carbocycles. The topological polar surface area (TPSA) is 427 Å². The summed E-state index contributed by atoms with van der Waals surface area (Å²) in [4.78, 5) is 176. The molecular weight excluding hydrogens is 1540 g/mol. The highest BCUT2D eigenvalue weighted by Gasteiger charge is 2.54. The zero-order valence-corrected chi connectivity index (χ0v) is 70.1. The van der Waals surface area contributed by atoms with Crippen LogP contribution < -0.4 is 62.1 Å². The molecule has 638 valence electrons. The zero-order valence-electron chi connectivity index (χ0n) is 69.3. The summed E-state index contributed by atoms with van der Waals surface area (Å²) in [5.41, 5.74) is 0.226. The third-order valence-electron chi connectivity index (χ3n) is 23.9. The number of carbonyl (C=O) groups is 12. The fraction of sp³-hybridized carbons (Fsp3) is 0.581. The van der Waals surface area contributed by atoms with E-state index in [1.165, 1.54) is 72.8 Å². The van der Waals surface area contributed by atoms with E-state index < -0.39 is 130 Å². The van der Waals surface area contributed by atoms with Crippen LogP contribution in [-0.2, 0) is 86.2 Å². The number of hydrogen-bond donors (Lipinski definition) is 9. The van der Waals surface area contributed by atoms with Gasteiger partial charge in [0.05, 0.1) is 82.8 Å². The summed E-state index contributed by atoms with van der Waals surface area (Å²) in [5, 5.41) is 30.2. The van der Waals surface area contributed by atoms with Crippen LogP contribution in [0.1, 0.15) is 202 Å². The second-order valence-corrected chi connectivity index (χ2v) is 34.3. The number of nitrogens with one attached hydrogen (secondary N) is 9. The summed E-state index contributed by atoms with van der Waals surface area (Å²) in [5.74, 6) is -6.25. The maximum atomic E-state index is 15.6. The number of methoxy groups -OCH3 is 4. The average molecular weight is 1650 g/mol. The molecule has 5 aromatic rings. The summed E-state index contributed by atoms with van der Waals surface area (Å²) >= 11 is 1.17. The highest BCUT2D eigenvalue weighted by atomic mass is 32.1. The van der Waals surface area contributed by atoms with E-state index in [1.807, 2.05) is 12.1 Å². The first kappa shape index (κ1) is 88.8. The summed E-state index contributed by atoms with van der Waals surface area (Å²) < 4.78 is 44.9. The molecule has 3 aliphatic heterocycles. The van der Waals surface area contributed by atoms with Crippen LogP contribution in [0.5, 0.6) is 17.2 Å². The van der Waals surface area contributed by atoms with Crippen molar-refractivity contribution in [2.45, 2.75) is 248 Å². The van der Waals surface area contributed by atoms with Crippen molar-refractivity contribution in [1.82, 2.24) is 58.0 Å². The molecule has 11 rings (SSSR count). The molecule has 9 amide bonds. The van der Waals surface area contributed by atoms with Crippen molar-refractivity contribution in [3.63, 3.8) is 0 Å². The average Bonchev–Trinajstić information content (AvgIpc) is 1.61. The van der Waals surface area contributed by atoms with Crippen LogP contribution in [0.25, 0.3) is 0 Å². The van der Waals surface area contributed by atoms with E-state index in [0.717, 1.165) is 36.8 Å². The Labute approximate surface area is 691 Å². The van der Waals surface area contributed by atoms with Crippen LogP contribution in [0.4, 0.5) is 0 Å². The molecule has 3 saturated carbocycles. The highest BCUT2D eigenvalue weighted by molar-refractivity contribution is 7.13. The van der Waals surface area contributed by atoms with Gasteiger partial charge in [-0.2, -0.15) is 0 Å². The Bertz CT molecular complexity index is 4490. The number of aromatic nitrogens is 2. The van der Waals surface area contributed by atoms with Crippen molar-refractivity contribution in [2.24, 2.45) is 17.8 Å². The van der Waals surface area contributed by atoms with E-state index in [9.17, 15) is 47.9 Å². The van der Waals surface area contributed by atoms with Crippen LogP contribution in [0, 0.1) is 31.6 Å². The van der Waals surface area contributed by atoms with Gasteiger partial charge in [-0.05, 0) is 182 Å². The number of thiazole rings is 1. The quantitative estimate of drug-likeness (QED) is 0.0199. The molecule has 5 heterocycles. The molecule has 9 N–H and O–H groups in total. The van der Waals surface area contributed by atoms with Gasteiger partial charge in [0.15, 0.2) is 17.3 Å². The second-order valence-electron chi connectivity index (χ2n) is 33.1. The molecule has 6 aliphatic rings. The molecule has 0 spiro atoms. The third kappa shape index (κ3) is 22.9. The van der Waals surface area contributed by atoms with Crippen molar-refractivity contribution in [2.75, 3.05) is 54.9 Å². The number of aryl methyl sites for hydroxylation is 2. The fourth-order valence-electron chi connectivity index (χ4n) is 16.6. The number of ketones is 3. The van der Waals surface area contributed by atoms with Gasteiger partial charge in [-0.15, -0.1) is 11.3 Å². The maximum Gasteiger partial charge on any atom is 0.290 e. The molecule has 3 aliphatic carbocycles. The first-order valence-corrected chi connectivity index (χ1v) is 41.7. The van der Waals surface area contributed by atoms with Gasteiger partial charge in [-0.25, -0.2) is 4.98 Å². The number of nitrogens with zero attached hydrogens (tertiary/aromatic N) is 2. The Morgan fingerprint density at radius 1 is 0.475 bits per heavy atom. The second kappa shape index (κ2) is 39.2. The van der Waals surface area contributed by atoms with Gasteiger partial charge in [0, 0.05) is 38.9 Å². The monoisotopic (exact) mass is 1650 g/mol. The van der Waals surface area contributed by atoms with Gasteiger partial charge in [0.1, 0.15) is 75.2 Å². The highest BCUT2D eigenvalue weighted by Crippen LogP contribution is 2.48. The number of Topliss-reactive ketones (excluding diaryl/α,β-unsaturated/α-hetero) is 3. The Balaban J connectivity index is 0.852. The Morgan fingerprint density at radius 2 is 0.890 bits per heavy atom. The number of benzene rings is 3. The largest absolute Gasteiger partial charge is 0.497 e. The van der Waals surface area contributed by atoms with Crippen LogP contribution >= 0.6 is 11.3 Å². The minimum Gasteiger partial charge on any atom is -0.497 e. The summed E-state index contributed by atoms with van der Waals surface area (Å²) in [6, 6.07) is 8.79. The van der Waals surface area contributed by atoms with Crippen molar-refractivity contribution < 1.29 is 95.2 Å². The van der Waals surface area contributed by atoms with Gasteiger partial charge in [0.2, 0.25) is 47.1 Å². The standard InChI is InChI=1S/C86H113N11O20S/c1-46-33-70(117-97-46)82(108)89-48(3)77(103)96-67(39-54-26-30-69(113-12)61(35-54)58-21-15-19-55(58)40-63(74(100)85(7)44-115-85)92-79(105)65(37-52-23-27-57(111-10)28-24-52)94-78(104)49(4)90-83(109)71-42-87-50(5)118-71)81(107)93-64(75(101)86(8)45-116-86)41-56-20-16-22-59(56)60-34-53(25-29-68(60)112-11)38-66(95-76(102)47(2)88-72(98)31-32-110-9)80(106)91-62(36-51-17-13-14-18-51)73(99)84(6)43-114-84/h23-30,33-35,42,47-49,51,55-56,58-59,62-67H,13-22,31-32,36-41,43-45H2,1-12H3,(H,88,98)(H,89,108)(H,90,109)(H,91,106)(H,92,105)(H,93,107)(H,94,104)(H,95,102)(H,96,103). The van der Waals surface area contributed by atoms with Crippen molar-refractivity contribution >= 4 is 81.9 Å². The summed E-state index contributed by atoms with van der Waals surface area (Å²) in [7, 11) is 6.05. The lowest BCUT2D eigenvalue weighted by molar-refractivity contribution is -0.134. The van der Waals surface area contributed by atoms with E-state index >= 15 is 9.59 Å². The molecule has 3 saturated heterocycles. The predicted octanol–water partition coefficient (Wildman–Crippen LogP) is 6.09. The molecule has 6 fully saturated rings. The minimum atomic E-state index is -1.41. The summed E-state index contributed by atoms with van der Waals surface area (Å²) in [6.45, 7) is 13.4. The van der Waals surface area contributed by atoms with Gasteiger partial charge in [-0.3, -0.25) is 57.5 Å². The van der Waals surface area contributed by atoms with Crippen LogP contribution in [0.15, 0.2) is 77.4 Å². The van der Waals surface area contributed by atoms with Crippen molar-refractivity contribution in [1.29, 1.82) is 0 Å². The first-order valence-electron chi connectivity index (χ1n) is 40.9. The van der Waals surface area contributed by atoms with E-state index in [4.69, 9.17) is 37.7 Å². The number of amides is 9. The van der Waals surface area contributed by atoms with Crippen molar-refractivity contribution in [3.05, 3.63) is 122 Å². The smallest absolute Gasteiger partial charge is 0.290 e. The molecule has 16 atom stereocenters. The number of hydrogen-bond acceptors (Lipinski definition) is 23. The molecule has 0 bridgehead atoms. The SMILES string of the molecule is COCCC(=O)NC(C)C(=O)NC(Cc1ccc(OC)c(C2CCCC2CC(NC(=O)C(Cc2ccc(OC)c(C3CCCC3CC(NC(=O)C(Cc3ccc(OC)cc3)NC(=O)C(C)NC(=O)c3cnc(C)s3)C(=O)C3(C)CO3)c2)NC(=O)C(C)NC(=O)c2cc(C)no2)C(=O)C2(C)CO2)c1)C(=O)NC(CC1CCCC1)C(=O)C1(C)CO1. The normalized spacial score (nSPS) is 23.4. The lowest BCUT2D eigenvalue weighted by atomic mass is 9.81. The summed E-state index contributed by atoms with van der Waals surface area (Å²) in [6.07, 6.45) is 9.58. The lowest BCUT2D eigenvalue weighted by Gasteiger charge is -2.30. The molecule has 32 heteroatoms. The Hall–Kier alpha value is -10.0. The van der Waals surface area contributed by atoms with Gasteiger partial charge >= 0.3 is 0 Å². The van der Waals surface area contributed by atoms with Crippen LogP contribution in [0.3, 0.4) is 0 Å². The van der Waals surface area contributed by atoms with Gasteiger partial charge in [0.25, 0.3) is 11.8 Å². The van der Waals surface area contributed by atoms with Crippen molar-refractivity contribution in [3.8, 4) is 17.2 Å². The Kier molecular flexibility index (Phi) is 29.5. The molecule has 16 unspecified atom stereocenters. The van der Waals surface area contributed by atoms with E-state index in [-0.39, 0.29) is 112 Å². The number of carbonyl (C=O) groups excluding carboxylic acids is 12. The van der Waals surface area contributed by atoms with Crippen LogP contribution in [0.2, 0.25) is 0 Å². The molecule has 118 heavy (non-hydrogen) atoms. The fourth-order valence-corrected chi connectivity index (χ4v) is 17.3. The zero-order chi connectivity index (χ0) is 84.9. The molecule has 31 nitrogen and oxygen atoms in total. The first-order chi connectivity index (χ1) is 56.3. The van der Waals surface area contributed by atoms with E-state index in [0.29, 0.717) is 94.5 Å². The lowest BCUT2D eigenvalue weighted by Crippen LogP contribution is -2.57. The maximum absolute atomic E-state index is 15.6. The minimum absolute atomic E-state index is 0.00151. The molecule has 2 aromatic heterocycles. The van der Waals surface area contributed by atoms with E-state index in [1.54, 1.807) is 83.1 Å². The number of ether oxygens (including phenoxy) is 7. The van der Waals surface area contributed by atoms with E-state index in [2.05, 4.69) is 58.0 Å². The molecule has 0 radical (unpaired) electrons. The number of epoxide rings is 3. The van der Waals surface area contributed by atoms with Gasteiger partial charge < -0.3 is 85.5 Å². The van der Waals surface area contributed by atoms with Gasteiger partial charge in [-0.1, -0.05) is 80.1 Å². The Morgan fingerprint density at radius 3 is 1.29 bits per heavy atom. The third-order valence-corrected chi connectivity index (χ3v) is 24.8. The molecular formula is C86H113N11O20S.